The highest BCUT2D eigenvalue weighted by Crippen LogP contribution is 2.18. The summed E-state index contributed by atoms with van der Waals surface area (Å²) in [6.45, 7) is 0. The SMILES string of the molecule is O=C(Nc1cccc(NC(=O)c2cccc([N+](=O)[O-])c2)c1)c1ccccc1. The second kappa shape index (κ2) is 7.92. The van der Waals surface area contributed by atoms with Crippen LogP contribution in [0.3, 0.4) is 0 Å². The van der Waals surface area contributed by atoms with Crippen molar-refractivity contribution < 1.29 is 14.5 Å². The molecular weight excluding hydrogens is 346 g/mol. The molecule has 2 amide bonds. The number of nitrogens with zero attached hydrogens (tertiary/aromatic N) is 1. The molecule has 134 valence electrons. The van der Waals surface area contributed by atoms with E-state index in [9.17, 15) is 19.7 Å². The third-order valence-corrected chi connectivity index (χ3v) is 3.73. The fourth-order valence-corrected chi connectivity index (χ4v) is 2.43. The summed E-state index contributed by atoms with van der Waals surface area (Å²) < 4.78 is 0. The average molecular weight is 361 g/mol. The molecule has 3 rings (SSSR count). The summed E-state index contributed by atoms with van der Waals surface area (Å²) >= 11 is 0. The number of amides is 2. The van der Waals surface area contributed by atoms with Crippen molar-refractivity contribution >= 4 is 28.9 Å². The van der Waals surface area contributed by atoms with Gasteiger partial charge in [-0.2, -0.15) is 0 Å². The Morgan fingerprint density at radius 3 is 1.89 bits per heavy atom. The van der Waals surface area contributed by atoms with Crippen molar-refractivity contribution in [2.75, 3.05) is 10.6 Å². The molecule has 0 fully saturated rings. The number of nitrogens with one attached hydrogen (secondary N) is 2. The van der Waals surface area contributed by atoms with Crippen LogP contribution in [-0.2, 0) is 0 Å². The monoisotopic (exact) mass is 361 g/mol. The maximum Gasteiger partial charge on any atom is 0.270 e. The number of nitro groups is 1. The fourth-order valence-electron chi connectivity index (χ4n) is 2.43. The molecule has 0 saturated heterocycles. The van der Waals surface area contributed by atoms with Gasteiger partial charge in [0.25, 0.3) is 17.5 Å². The molecule has 0 aliphatic carbocycles. The summed E-state index contributed by atoms with van der Waals surface area (Å²) in [4.78, 5) is 34.8. The standard InChI is InChI=1S/C20H15N3O4/c24-19(14-6-2-1-3-7-14)21-16-9-5-10-17(13-16)22-20(25)15-8-4-11-18(12-15)23(26)27/h1-13H,(H,21,24)(H,22,25). The minimum Gasteiger partial charge on any atom is -0.322 e. The Labute approximate surface area is 154 Å². The van der Waals surface area contributed by atoms with Gasteiger partial charge in [-0.25, -0.2) is 0 Å². The smallest absolute Gasteiger partial charge is 0.270 e. The third-order valence-electron chi connectivity index (χ3n) is 3.73. The minimum absolute atomic E-state index is 0.161. The van der Waals surface area contributed by atoms with Crippen molar-refractivity contribution in [3.8, 4) is 0 Å². The Balaban J connectivity index is 1.72. The second-order valence-corrected chi connectivity index (χ2v) is 5.66. The van der Waals surface area contributed by atoms with E-state index in [1.54, 1.807) is 48.5 Å². The van der Waals surface area contributed by atoms with Crippen LogP contribution in [0.4, 0.5) is 17.1 Å². The van der Waals surface area contributed by atoms with Crippen LogP contribution in [-0.4, -0.2) is 16.7 Å². The Morgan fingerprint density at radius 2 is 1.26 bits per heavy atom. The van der Waals surface area contributed by atoms with Gasteiger partial charge in [-0.15, -0.1) is 0 Å². The normalized spacial score (nSPS) is 10.1. The van der Waals surface area contributed by atoms with E-state index in [1.807, 2.05) is 6.07 Å². The minimum atomic E-state index is -0.559. The van der Waals surface area contributed by atoms with Gasteiger partial charge in [0, 0.05) is 34.6 Å². The molecule has 27 heavy (non-hydrogen) atoms. The molecule has 2 N–H and O–H groups in total. The molecule has 0 aliphatic rings. The molecule has 0 radical (unpaired) electrons. The van der Waals surface area contributed by atoms with Gasteiger partial charge in [0.05, 0.1) is 4.92 Å². The summed E-state index contributed by atoms with van der Waals surface area (Å²) in [5.41, 5.74) is 1.50. The molecular formula is C20H15N3O4. The summed E-state index contributed by atoms with van der Waals surface area (Å²) in [6, 6.07) is 20.9. The van der Waals surface area contributed by atoms with Crippen LogP contribution in [0.25, 0.3) is 0 Å². The van der Waals surface area contributed by atoms with Gasteiger partial charge < -0.3 is 10.6 Å². The Kier molecular flexibility index (Phi) is 5.22. The van der Waals surface area contributed by atoms with Crippen LogP contribution in [0.1, 0.15) is 20.7 Å². The largest absolute Gasteiger partial charge is 0.322 e. The lowest BCUT2D eigenvalue weighted by Crippen LogP contribution is -2.14. The molecule has 0 bridgehead atoms. The van der Waals surface area contributed by atoms with Gasteiger partial charge in [-0.3, -0.25) is 19.7 Å². The van der Waals surface area contributed by atoms with Crippen LogP contribution in [0.15, 0.2) is 78.9 Å². The van der Waals surface area contributed by atoms with E-state index < -0.39 is 10.8 Å². The number of benzene rings is 3. The molecule has 0 spiro atoms. The molecule has 3 aromatic rings. The topological polar surface area (TPSA) is 101 Å². The predicted octanol–water partition coefficient (Wildman–Crippen LogP) is 4.10. The number of non-ortho nitro benzene ring substituents is 1. The van der Waals surface area contributed by atoms with Crippen LogP contribution in [0, 0.1) is 10.1 Å². The van der Waals surface area contributed by atoms with Crippen LogP contribution < -0.4 is 10.6 Å². The van der Waals surface area contributed by atoms with E-state index in [1.165, 1.54) is 24.3 Å². The number of rotatable bonds is 5. The molecule has 0 aromatic heterocycles. The van der Waals surface area contributed by atoms with Crippen molar-refractivity contribution in [3.63, 3.8) is 0 Å². The lowest BCUT2D eigenvalue weighted by atomic mass is 10.1. The number of anilines is 2. The quantitative estimate of drug-likeness (QED) is 0.527. The summed E-state index contributed by atoms with van der Waals surface area (Å²) in [6.07, 6.45) is 0. The van der Waals surface area contributed by atoms with Crippen molar-refractivity contribution in [1.29, 1.82) is 0 Å². The first kappa shape index (κ1) is 17.8. The Morgan fingerprint density at radius 1 is 0.704 bits per heavy atom. The lowest BCUT2D eigenvalue weighted by Gasteiger charge is -2.09. The zero-order valence-electron chi connectivity index (χ0n) is 14.1. The fraction of sp³-hybridized carbons (Fsp3) is 0. The molecule has 0 unspecified atom stereocenters. The maximum atomic E-state index is 12.3. The Bertz CT molecular complexity index is 1000. The van der Waals surface area contributed by atoms with E-state index in [0.29, 0.717) is 16.9 Å². The zero-order valence-corrected chi connectivity index (χ0v) is 14.1. The highest BCUT2D eigenvalue weighted by Gasteiger charge is 2.12. The zero-order chi connectivity index (χ0) is 19.2. The van der Waals surface area contributed by atoms with Gasteiger partial charge in [-0.1, -0.05) is 30.3 Å². The van der Waals surface area contributed by atoms with E-state index in [4.69, 9.17) is 0 Å². The van der Waals surface area contributed by atoms with Crippen molar-refractivity contribution in [3.05, 3.63) is 100 Å². The van der Waals surface area contributed by atoms with Crippen LogP contribution in [0.5, 0.6) is 0 Å². The Hall–Kier alpha value is -4.00. The van der Waals surface area contributed by atoms with Gasteiger partial charge in [0.2, 0.25) is 0 Å². The maximum absolute atomic E-state index is 12.3. The molecule has 7 heteroatoms. The van der Waals surface area contributed by atoms with Crippen molar-refractivity contribution in [1.82, 2.24) is 0 Å². The predicted molar refractivity (Wildman–Crippen MR) is 102 cm³/mol. The number of hydrogen-bond acceptors (Lipinski definition) is 4. The second-order valence-electron chi connectivity index (χ2n) is 5.66. The highest BCUT2D eigenvalue weighted by molar-refractivity contribution is 6.06. The van der Waals surface area contributed by atoms with Crippen molar-refractivity contribution in [2.24, 2.45) is 0 Å². The van der Waals surface area contributed by atoms with Crippen LogP contribution in [0.2, 0.25) is 0 Å². The van der Waals surface area contributed by atoms with Gasteiger partial charge >= 0.3 is 0 Å². The first-order valence-corrected chi connectivity index (χ1v) is 8.05. The number of nitro benzene ring substituents is 1. The molecule has 0 heterocycles. The first-order chi connectivity index (χ1) is 13.0. The molecule has 0 aliphatic heterocycles. The van der Waals surface area contributed by atoms with Gasteiger partial charge in [0.1, 0.15) is 0 Å². The van der Waals surface area contributed by atoms with Gasteiger partial charge in [-0.05, 0) is 36.4 Å². The molecule has 3 aromatic carbocycles. The van der Waals surface area contributed by atoms with E-state index >= 15 is 0 Å². The first-order valence-electron chi connectivity index (χ1n) is 8.05. The summed E-state index contributed by atoms with van der Waals surface area (Å²) in [5, 5.41) is 16.3. The van der Waals surface area contributed by atoms with Crippen molar-refractivity contribution in [2.45, 2.75) is 0 Å². The molecule has 7 nitrogen and oxygen atoms in total. The lowest BCUT2D eigenvalue weighted by molar-refractivity contribution is -0.384. The van der Waals surface area contributed by atoms with Crippen LogP contribution >= 0.6 is 0 Å². The summed E-state index contributed by atoms with van der Waals surface area (Å²) in [5.74, 6) is -0.747. The molecule has 0 atom stereocenters. The number of carbonyl (C=O) groups excluding carboxylic acids is 2. The average Bonchev–Trinajstić information content (AvgIpc) is 2.69. The highest BCUT2D eigenvalue weighted by atomic mass is 16.6. The number of hydrogen-bond donors (Lipinski definition) is 2. The summed E-state index contributed by atoms with van der Waals surface area (Å²) in [7, 11) is 0. The van der Waals surface area contributed by atoms with E-state index in [0.717, 1.165) is 0 Å². The number of carbonyl (C=O) groups is 2. The third kappa shape index (κ3) is 4.55. The van der Waals surface area contributed by atoms with Gasteiger partial charge in [0.15, 0.2) is 0 Å². The van der Waals surface area contributed by atoms with E-state index in [-0.39, 0.29) is 17.2 Å². The van der Waals surface area contributed by atoms with E-state index in [2.05, 4.69) is 10.6 Å². The molecule has 0 saturated carbocycles.